The maximum absolute atomic E-state index is 12.9. The van der Waals surface area contributed by atoms with Gasteiger partial charge >= 0.3 is 0 Å². The van der Waals surface area contributed by atoms with Gasteiger partial charge in [-0.1, -0.05) is 32.4 Å². The van der Waals surface area contributed by atoms with Crippen molar-refractivity contribution in [2.45, 2.75) is 78.3 Å². The quantitative estimate of drug-likeness (QED) is 0.479. The van der Waals surface area contributed by atoms with Crippen LogP contribution in [0.5, 0.6) is 5.75 Å². The Morgan fingerprint density at radius 1 is 1.18 bits per heavy atom. The van der Waals surface area contributed by atoms with E-state index in [1.807, 2.05) is 30.1 Å². The molecule has 1 fully saturated rings. The highest BCUT2D eigenvalue weighted by molar-refractivity contribution is 5.91. The molecule has 1 aromatic carbocycles. The van der Waals surface area contributed by atoms with Crippen molar-refractivity contribution in [1.29, 1.82) is 5.26 Å². The summed E-state index contributed by atoms with van der Waals surface area (Å²) in [7, 11) is 1.55. The van der Waals surface area contributed by atoms with Gasteiger partial charge in [-0.25, -0.2) is 9.69 Å². The SMILES string of the molecule is COc1c(C#N)cc(C(C)(C)C)cc1Nc1cnc(C)c(-n2cc(C(=O)NN3C(C)CCCC3C)nn2)c1. The first-order valence-corrected chi connectivity index (χ1v) is 12.9. The Kier molecular flexibility index (Phi) is 7.69. The second-order valence-corrected chi connectivity index (χ2v) is 10.9. The third kappa shape index (κ3) is 5.63. The number of carbonyl (C=O) groups excluding carboxylic acids is 1. The fraction of sp³-hybridized carbons (Fsp3) is 0.464. The number of benzene rings is 1. The Bertz CT molecular complexity index is 1360. The van der Waals surface area contributed by atoms with E-state index in [2.05, 4.69) is 66.7 Å². The third-order valence-corrected chi connectivity index (χ3v) is 7.02. The summed E-state index contributed by atoms with van der Waals surface area (Å²) in [6.07, 6.45) is 6.56. The van der Waals surface area contributed by atoms with Crippen molar-refractivity contribution < 1.29 is 9.53 Å². The van der Waals surface area contributed by atoms with E-state index < -0.39 is 0 Å². The molecule has 2 atom stereocenters. The molecule has 1 amide bonds. The normalized spacial score (nSPS) is 18.1. The molecule has 10 heteroatoms. The Morgan fingerprint density at radius 3 is 2.53 bits per heavy atom. The summed E-state index contributed by atoms with van der Waals surface area (Å²) >= 11 is 0. The minimum atomic E-state index is -0.287. The Balaban J connectivity index is 1.61. The summed E-state index contributed by atoms with van der Waals surface area (Å²) in [5.74, 6) is 0.174. The van der Waals surface area contributed by atoms with Crippen molar-refractivity contribution in [3.05, 3.63) is 53.1 Å². The molecule has 10 nitrogen and oxygen atoms in total. The van der Waals surface area contributed by atoms with Crippen molar-refractivity contribution in [1.82, 2.24) is 30.4 Å². The molecule has 3 aromatic rings. The highest BCUT2D eigenvalue weighted by Gasteiger charge is 2.27. The predicted molar refractivity (Wildman–Crippen MR) is 146 cm³/mol. The van der Waals surface area contributed by atoms with Gasteiger partial charge < -0.3 is 10.1 Å². The number of hydrogen-bond acceptors (Lipinski definition) is 8. The molecule has 1 aliphatic heterocycles. The molecule has 0 aliphatic carbocycles. The van der Waals surface area contributed by atoms with E-state index in [4.69, 9.17) is 4.74 Å². The van der Waals surface area contributed by atoms with Gasteiger partial charge in [0.05, 0.1) is 47.8 Å². The standard InChI is InChI=1S/C28H36N8O2/c1-17-9-8-10-18(2)36(17)33-27(37)24-16-35(34-32-24)25-13-22(15-30-19(25)3)31-23-12-21(28(4,5)6)11-20(14-29)26(23)38-7/h11-13,15-18,31H,8-10H2,1-7H3,(H,33,37). The van der Waals surface area contributed by atoms with Crippen LogP contribution in [0.25, 0.3) is 5.69 Å². The number of aryl methyl sites for hydroxylation is 1. The maximum atomic E-state index is 12.9. The molecule has 200 valence electrons. The summed E-state index contributed by atoms with van der Waals surface area (Å²) in [4.78, 5) is 17.5. The molecule has 4 rings (SSSR count). The number of hydrogen-bond donors (Lipinski definition) is 2. The van der Waals surface area contributed by atoms with Crippen LogP contribution in [0.3, 0.4) is 0 Å². The summed E-state index contributed by atoms with van der Waals surface area (Å²) in [6.45, 7) is 12.4. The second kappa shape index (κ2) is 10.8. The van der Waals surface area contributed by atoms with Crippen LogP contribution in [-0.2, 0) is 5.41 Å². The van der Waals surface area contributed by atoms with E-state index in [-0.39, 0.29) is 29.1 Å². The van der Waals surface area contributed by atoms with Gasteiger partial charge in [0.1, 0.15) is 6.07 Å². The third-order valence-electron chi connectivity index (χ3n) is 7.02. The molecule has 2 N–H and O–H groups in total. The zero-order valence-corrected chi connectivity index (χ0v) is 23.2. The van der Waals surface area contributed by atoms with Gasteiger partial charge in [-0.05, 0) is 62.8 Å². The van der Waals surface area contributed by atoms with Crippen LogP contribution in [0.1, 0.15) is 81.2 Å². The lowest BCUT2D eigenvalue weighted by molar-refractivity contribution is 0.0366. The van der Waals surface area contributed by atoms with Crippen LogP contribution >= 0.6 is 0 Å². The van der Waals surface area contributed by atoms with Gasteiger partial charge in [-0.2, -0.15) is 5.26 Å². The number of carbonyl (C=O) groups is 1. The Labute approximate surface area is 224 Å². The average molecular weight is 517 g/mol. The molecular weight excluding hydrogens is 480 g/mol. The van der Waals surface area contributed by atoms with Gasteiger partial charge in [0.25, 0.3) is 5.91 Å². The number of methoxy groups -OCH3 is 1. The minimum Gasteiger partial charge on any atom is -0.493 e. The van der Waals surface area contributed by atoms with Gasteiger partial charge in [0, 0.05) is 12.1 Å². The van der Waals surface area contributed by atoms with Gasteiger partial charge in [0.15, 0.2) is 11.4 Å². The van der Waals surface area contributed by atoms with E-state index in [1.54, 1.807) is 24.2 Å². The molecule has 1 aliphatic rings. The molecule has 0 bridgehead atoms. The van der Waals surface area contributed by atoms with Gasteiger partial charge in [-0.3, -0.25) is 15.2 Å². The number of hydrazine groups is 1. The minimum absolute atomic E-state index is 0.160. The number of anilines is 2. The van der Waals surface area contributed by atoms with Crippen molar-refractivity contribution in [2.24, 2.45) is 0 Å². The number of rotatable bonds is 6. The lowest BCUT2D eigenvalue weighted by Crippen LogP contribution is -2.54. The second-order valence-electron chi connectivity index (χ2n) is 10.9. The summed E-state index contributed by atoms with van der Waals surface area (Å²) in [6, 6.07) is 8.49. The van der Waals surface area contributed by atoms with E-state index in [0.717, 1.165) is 30.5 Å². The zero-order chi connectivity index (χ0) is 27.6. The predicted octanol–water partition coefficient (Wildman–Crippen LogP) is 4.80. The van der Waals surface area contributed by atoms with Gasteiger partial charge in [-0.15, -0.1) is 5.10 Å². The number of amides is 1. The molecule has 38 heavy (non-hydrogen) atoms. The number of nitrogens with one attached hydrogen (secondary N) is 2. The average Bonchev–Trinajstić information content (AvgIpc) is 3.36. The lowest BCUT2D eigenvalue weighted by Gasteiger charge is -2.38. The molecule has 2 unspecified atom stereocenters. The van der Waals surface area contributed by atoms with E-state index in [1.165, 1.54) is 0 Å². The lowest BCUT2D eigenvalue weighted by atomic mass is 9.85. The number of ether oxygens (including phenoxy) is 1. The van der Waals surface area contributed by atoms with Crippen molar-refractivity contribution in [2.75, 3.05) is 12.4 Å². The summed E-state index contributed by atoms with van der Waals surface area (Å²) < 4.78 is 7.12. The highest BCUT2D eigenvalue weighted by Crippen LogP contribution is 2.36. The number of nitrogens with zero attached hydrogens (tertiary/aromatic N) is 6. The molecule has 3 heterocycles. The van der Waals surface area contributed by atoms with Crippen LogP contribution in [-0.4, -0.2) is 50.1 Å². The van der Waals surface area contributed by atoms with Crippen LogP contribution in [0.4, 0.5) is 11.4 Å². The number of nitriles is 1. The first-order valence-electron chi connectivity index (χ1n) is 12.9. The largest absolute Gasteiger partial charge is 0.493 e. The van der Waals surface area contributed by atoms with Crippen molar-refractivity contribution in [3.63, 3.8) is 0 Å². The highest BCUT2D eigenvalue weighted by atomic mass is 16.5. The molecule has 2 aromatic heterocycles. The Hall–Kier alpha value is -3.97. The first kappa shape index (κ1) is 27.1. The number of aromatic nitrogens is 4. The van der Waals surface area contributed by atoms with E-state index >= 15 is 0 Å². The van der Waals surface area contributed by atoms with Crippen LogP contribution in [0.15, 0.2) is 30.6 Å². The maximum Gasteiger partial charge on any atom is 0.287 e. The van der Waals surface area contributed by atoms with Crippen LogP contribution < -0.4 is 15.5 Å². The van der Waals surface area contributed by atoms with Gasteiger partial charge in [0.2, 0.25) is 0 Å². The van der Waals surface area contributed by atoms with Crippen LogP contribution in [0, 0.1) is 18.3 Å². The Morgan fingerprint density at radius 2 is 1.89 bits per heavy atom. The van der Waals surface area contributed by atoms with Crippen LogP contribution in [0.2, 0.25) is 0 Å². The van der Waals surface area contributed by atoms with Crippen molar-refractivity contribution in [3.8, 4) is 17.5 Å². The monoisotopic (exact) mass is 516 g/mol. The topological polar surface area (TPSA) is 121 Å². The zero-order valence-electron chi connectivity index (χ0n) is 23.2. The fourth-order valence-corrected chi connectivity index (χ4v) is 4.74. The fourth-order valence-electron chi connectivity index (χ4n) is 4.74. The van der Waals surface area contributed by atoms with E-state index in [9.17, 15) is 10.1 Å². The molecule has 0 radical (unpaired) electrons. The molecule has 0 saturated carbocycles. The molecule has 0 spiro atoms. The molecular formula is C28H36N8O2. The number of pyridine rings is 1. The van der Waals surface area contributed by atoms with Crippen molar-refractivity contribution >= 4 is 17.3 Å². The first-order chi connectivity index (χ1) is 18.0. The summed E-state index contributed by atoms with van der Waals surface area (Å²) in [5, 5.41) is 23.4. The summed E-state index contributed by atoms with van der Waals surface area (Å²) in [5.41, 5.74) is 7.27. The van der Waals surface area contributed by atoms with E-state index in [0.29, 0.717) is 28.4 Å². The number of piperidine rings is 1. The molecule has 1 saturated heterocycles. The smallest absolute Gasteiger partial charge is 0.287 e.